The summed E-state index contributed by atoms with van der Waals surface area (Å²) >= 11 is 0. The molecule has 22 heavy (non-hydrogen) atoms. The number of ether oxygens (including phenoxy) is 2. The largest absolute Gasteiger partial charge is 0.462 e. The van der Waals surface area contributed by atoms with Crippen molar-refractivity contribution in [1.82, 2.24) is 0 Å². The van der Waals surface area contributed by atoms with Gasteiger partial charge < -0.3 is 19.7 Å². The monoisotopic (exact) mass is 310 g/mol. The van der Waals surface area contributed by atoms with E-state index in [2.05, 4.69) is 0 Å². The van der Waals surface area contributed by atoms with E-state index in [1.807, 2.05) is 0 Å². The van der Waals surface area contributed by atoms with Gasteiger partial charge in [0.05, 0.1) is 24.3 Å². The first kappa shape index (κ1) is 18.1. The van der Waals surface area contributed by atoms with Crippen molar-refractivity contribution in [1.29, 1.82) is 0 Å². The maximum absolute atomic E-state index is 12.0. The summed E-state index contributed by atoms with van der Waals surface area (Å²) in [4.78, 5) is 24.1. The van der Waals surface area contributed by atoms with Crippen molar-refractivity contribution < 1.29 is 29.3 Å². The molecule has 2 N–H and O–H groups in total. The van der Waals surface area contributed by atoms with Gasteiger partial charge in [0.2, 0.25) is 0 Å². The molecule has 0 aliphatic heterocycles. The number of carbonyl (C=O) groups excluding carboxylic acids is 2. The Labute approximate surface area is 129 Å². The van der Waals surface area contributed by atoms with Crippen molar-refractivity contribution in [3.63, 3.8) is 0 Å². The number of hydrogen-bond donors (Lipinski definition) is 2. The van der Waals surface area contributed by atoms with Crippen LogP contribution >= 0.6 is 0 Å². The first-order valence-electron chi connectivity index (χ1n) is 7.14. The maximum atomic E-state index is 12.0. The predicted molar refractivity (Wildman–Crippen MR) is 79.5 cm³/mol. The van der Waals surface area contributed by atoms with Crippen molar-refractivity contribution in [2.24, 2.45) is 11.8 Å². The Hall–Kier alpha value is -1.92. The summed E-state index contributed by atoms with van der Waals surface area (Å²) in [5.74, 6) is -1.62. The van der Waals surface area contributed by atoms with Crippen LogP contribution in [-0.2, 0) is 9.47 Å². The molecule has 0 saturated carbocycles. The minimum absolute atomic E-state index is 0.0697. The highest BCUT2D eigenvalue weighted by Crippen LogP contribution is 2.13. The van der Waals surface area contributed by atoms with E-state index < -0.39 is 11.9 Å². The van der Waals surface area contributed by atoms with Gasteiger partial charge in [0.25, 0.3) is 0 Å². The van der Waals surface area contributed by atoms with E-state index in [-0.39, 0.29) is 49.4 Å². The van der Waals surface area contributed by atoms with Crippen LogP contribution < -0.4 is 0 Å². The molecule has 2 unspecified atom stereocenters. The Morgan fingerprint density at radius 2 is 1.27 bits per heavy atom. The van der Waals surface area contributed by atoms with Crippen LogP contribution in [-0.4, -0.2) is 48.6 Å². The van der Waals surface area contributed by atoms with Gasteiger partial charge in [0, 0.05) is 25.0 Å². The number of aliphatic hydroxyl groups is 2. The zero-order valence-electron chi connectivity index (χ0n) is 12.8. The van der Waals surface area contributed by atoms with Gasteiger partial charge in [-0.2, -0.15) is 0 Å². The molecule has 0 spiro atoms. The fourth-order valence-corrected chi connectivity index (χ4v) is 1.54. The van der Waals surface area contributed by atoms with Crippen LogP contribution in [0.5, 0.6) is 0 Å². The van der Waals surface area contributed by atoms with Crippen molar-refractivity contribution in [3.05, 3.63) is 35.4 Å². The molecule has 0 amide bonds. The van der Waals surface area contributed by atoms with Crippen LogP contribution in [0.25, 0.3) is 0 Å². The smallest absolute Gasteiger partial charge is 0.339 e. The highest BCUT2D eigenvalue weighted by molar-refractivity contribution is 6.03. The van der Waals surface area contributed by atoms with E-state index in [1.54, 1.807) is 26.0 Å². The number of rotatable bonds is 8. The first-order valence-corrected chi connectivity index (χ1v) is 7.14. The minimum atomic E-state index is -0.636. The molecule has 0 radical (unpaired) electrons. The van der Waals surface area contributed by atoms with Gasteiger partial charge in [-0.05, 0) is 12.1 Å². The van der Waals surface area contributed by atoms with Crippen LogP contribution in [0.4, 0.5) is 0 Å². The SMILES string of the molecule is CC(CO)COC(=O)c1ccccc1C(=O)OCC(C)CO. The van der Waals surface area contributed by atoms with Crippen LogP contribution in [0.2, 0.25) is 0 Å². The number of carbonyl (C=O) groups is 2. The predicted octanol–water partition coefficient (Wildman–Crippen LogP) is 1.26. The van der Waals surface area contributed by atoms with E-state index in [1.165, 1.54) is 12.1 Å². The maximum Gasteiger partial charge on any atom is 0.339 e. The summed E-state index contributed by atoms with van der Waals surface area (Å²) < 4.78 is 10.1. The van der Waals surface area contributed by atoms with Crippen molar-refractivity contribution >= 4 is 11.9 Å². The second-order valence-corrected chi connectivity index (χ2v) is 5.32. The second-order valence-electron chi connectivity index (χ2n) is 5.32. The van der Waals surface area contributed by atoms with Gasteiger partial charge in [0.1, 0.15) is 0 Å². The highest BCUT2D eigenvalue weighted by Gasteiger charge is 2.20. The molecule has 6 heteroatoms. The fraction of sp³-hybridized carbons (Fsp3) is 0.500. The highest BCUT2D eigenvalue weighted by atomic mass is 16.5. The molecule has 0 heterocycles. The zero-order chi connectivity index (χ0) is 16.5. The Bertz CT molecular complexity index is 454. The summed E-state index contributed by atoms with van der Waals surface area (Å²) in [5, 5.41) is 17.8. The summed E-state index contributed by atoms with van der Waals surface area (Å²) in [6.07, 6.45) is 0. The van der Waals surface area contributed by atoms with Crippen LogP contribution in [0, 0.1) is 11.8 Å². The molecule has 6 nitrogen and oxygen atoms in total. The number of benzene rings is 1. The lowest BCUT2D eigenvalue weighted by Gasteiger charge is -2.13. The Balaban J connectivity index is 2.76. The van der Waals surface area contributed by atoms with Gasteiger partial charge in [-0.1, -0.05) is 26.0 Å². The van der Waals surface area contributed by atoms with Crippen molar-refractivity contribution in [2.45, 2.75) is 13.8 Å². The third kappa shape index (κ3) is 5.46. The average molecular weight is 310 g/mol. The normalized spacial score (nSPS) is 13.3. The number of hydrogen-bond acceptors (Lipinski definition) is 6. The van der Waals surface area contributed by atoms with E-state index in [4.69, 9.17) is 19.7 Å². The average Bonchev–Trinajstić information content (AvgIpc) is 2.56. The lowest BCUT2D eigenvalue weighted by Crippen LogP contribution is -2.19. The molecular formula is C16H22O6. The first-order chi connectivity index (χ1) is 10.5. The number of aliphatic hydroxyl groups excluding tert-OH is 2. The summed E-state index contributed by atoms with van der Waals surface area (Å²) in [6, 6.07) is 6.22. The summed E-state index contributed by atoms with van der Waals surface area (Å²) in [6.45, 7) is 3.44. The molecule has 122 valence electrons. The summed E-state index contributed by atoms with van der Waals surface area (Å²) in [7, 11) is 0. The van der Waals surface area contributed by atoms with Gasteiger partial charge in [-0.15, -0.1) is 0 Å². The Kier molecular flexibility index (Phi) is 7.56. The molecule has 0 aromatic heterocycles. The third-order valence-electron chi connectivity index (χ3n) is 2.99. The van der Waals surface area contributed by atoms with Crippen LogP contribution in [0.1, 0.15) is 34.6 Å². The lowest BCUT2D eigenvalue weighted by molar-refractivity contribution is 0.0358. The Morgan fingerprint density at radius 1 is 0.909 bits per heavy atom. The van der Waals surface area contributed by atoms with E-state index in [9.17, 15) is 9.59 Å². The van der Waals surface area contributed by atoms with Gasteiger partial charge >= 0.3 is 11.9 Å². The van der Waals surface area contributed by atoms with Crippen molar-refractivity contribution in [3.8, 4) is 0 Å². The third-order valence-corrected chi connectivity index (χ3v) is 2.99. The lowest BCUT2D eigenvalue weighted by atomic mass is 10.1. The van der Waals surface area contributed by atoms with Crippen LogP contribution in [0.15, 0.2) is 24.3 Å². The number of esters is 2. The topological polar surface area (TPSA) is 93.1 Å². The van der Waals surface area contributed by atoms with Crippen LogP contribution in [0.3, 0.4) is 0 Å². The molecule has 1 aromatic rings. The molecule has 1 aromatic carbocycles. The molecule has 0 fully saturated rings. The fourth-order valence-electron chi connectivity index (χ4n) is 1.54. The van der Waals surface area contributed by atoms with E-state index >= 15 is 0 Å². The van der Waals surface area contributed by atoms with E-state index in [0.717, 1.165) is 0 Å². The molecule has 0 aliphatic rings. The summed E-state index contributed by atoms with van der Waals surface area (Å²) in [5.41, 5.74) is 0.239. The van der Waals surface area contributed by atoms with Gasteiger partial charge in [0.15, 0.2) is 0 Å². The zero-order valence-corrected chi connectivity index (χ0v) is 12.8. The molecule has 0 aliphatic carbocycles. The standard InChI is InChI=1S/C16H22O6/c1-11(7-17)9-21-15(19)13-5-3-4-6-14(13)16(20)22-10-12(2)8-18/h3-6,11-12,17-18H,7-10H2,1-2H3. The Morgan fingerprint density at radius 3 is 1.59 bits per heavy atom. The molecule has 0 saturated heterocycles. The van der Waals surface area contributed by atoms with E-state index in [0.29, 0.717) is 0 Å². The molecule has 1 rings (SSSR count). The van der Waals surface area contributed by atoms with Gasteiger partial charge in [-0.3, -0.25) is 0 Å². The van der Waals surface area contributed by atoms with Gasteiger partial charge in [-0.25, -0.2) is 9.59 Å². The molecular weight excluding hydrogens is 288 g/mol. The molecule has 2 atom stereocenters. The molecule has 0 bridgehead atoms. The second kappa shape index (κ2) is 9.17. The van der Waals surface area contributed by atoms with Crippen molar-refractivity contribution in [2.75, 3.05) is 26.4 Å². The quantitative estimate of drug-likeness (QED) is 0.702. The minimum Gasteiger partial charge on any atom is -0.462 e.